The van der Waals surface area contributed by atoms with Crippen LogP contribution in [0.15, 0.2) is 24.4 Å². The van der Waals surface area contributed by atoms with E-state index in [9.17, 15) is 0 Å². The minimum Gasteiger partial charge on any atom is -0.367 e. The first kappa shape index (κ1) is 5.38. The Hall–Kier alpha value is -0.760. The maximum absolute atomic E-state index is 3.01. The summed E-state index contributed by atoms with van der Waals surface area (Å²) in [5.74, 6) is 0. The summed E-state index contributed by atoms with van der Waals surface area (Å²) in [6, 6.07) is 0. The summed E-state index contributed by atoms with van der Waals surface area (Å²) in [6.07, 6.45) is 8.81. The molecule has 1 aliphatic heterocycles. The molecule has 0 spiro atoms. The summed E-state index contributed by atoms with van der Waals surface area (Å²) in [6.45, 7) is 0. The number of hydrogen-bond acceptors (Lipinski definition) is 2. The van der Waals surface area contributed by atoms with E-state index < -0.39 is 0 Å². The fraction of sp³-hybridized carbons (Fsp3) is 0.167. The van der Waals surface area contributed by atoms with Crippen molar-refractivity contribution in [2.75, 3.05) is 7.05 Å². The lowest BCUT2D eigenvalue weighted by Crippen LogP contribution is -2.27. The molecule has 0 amide bonds. The Labute approximate surface area is 49.3 Å². The molecular weight excluding hydrogens is 100 g/mol. The van der Waals surface area contributed by atoms with Crippen molar-refractivity contribution >= 4 is 0 Å². The predicted octanol–water partition coefficient (Wildman–Crippen LogP) is 0.368. The van der Waals surface area contributed by atoms with E-state index in [2.05, 4.69) is 10.6 Å². The standard InChI is InChI=1S/C6H9N2/c1-7-6-4-2-3-5-8-6/h2-5,7-8H,1H3. The average Bonchev–Trinajstić information content (AvgIpc) is 1.90. The third-order valence-corrected chi connectivity index (χ3v) is 0.978. The van der Waals surface area contributed by atoms with Crippen LogP contribution < -0.4 is 10.6 Å². The smallest absolute Gasteiger partial charge is 0.149 e. The first-order chi connectivity index (χ1) is 3.93. The zero-order valence-corrected chi connectivity index (χ0v) is 4.81. The van der Waals surface area contributed by atoms with Crippen LogP contribution in [0.4, 0.5) is 0 Å². The molecule has 0 aromatic carbocycles. The lowest BCUT2D eigenvalue weighted by molar-refractivity contribution is 0.758. The van der Waals surface area contributed by atoms with E-state index in [1.54, 1.807) is 0 Å². The maximum Gasteiger partial charge on any atom is 0.149 e. The van der Waals surface area contributed by atoms with Crippen LogP contribution in [-0.2, 0) is 0 Å². The first-order valence-electron chi connectivity index (χ1n) is 2.58. The van der Waals surface area contributed by atoms with Crippen molar-refractivity contribution < 1.29 is 0 Å². The van der Waals surface area contributed by atoms with Gasteiger partial charge >= 0.3 is 0 Å². The average molecular weight is 109 g/mol. The van der Waals surface area contributed by atoms with E-state index in [-0.39, 0.29) is 0 Å². The molecule has 0 bridgehead atoms. The monoisotopic (exact) mass is 109 g/mol. The molecule has 1 aliphatic rings. The third-order valence-electron chi connectivity index (χ3n) is 0.978. The van der Waals surface area contributed by atoms with Crippen molar-refractivity contribution in [2.45, 2.75) is 0 Å². The largest absolute Gasteiger partial charge is 0.367 e. The van der Waals surface area contributed by atoms with Gasteiger partial charge in [0.05, 0.1) is 0 Å². The Morgan fingerprint density at radius 2 is 2.38 bits per heavy atom. The molecule has 0 aliphatic carbocycles. The number of likely N-dealkylation sites (N-methyl/N-ethyl adjacent to an activating group) is 1. The van der Waals surface area contributed by atoms with Crippen LogP contribution in [0.3, 0.4) is 0 Å². The van der Waals surface area contributed by atoms with E-state index in [4.69, 9.17) is 0 Å². The second-order valence-electron chi connectivity index (χ2n) is 1.53. The van der Waals surface area contributed by atoms with Crippen LogP contribution in [0.1, 0.15) is 0 Å². The Morgan fingerprint density at radius 1 is 1.50 bits per heavy atom. The molecule has 2 heteroatoms. The third kappa shape index (κ3) is 1.10. The van der Waals surface area contributed by atoms with E-state index >= 15 is 0 Å². The summed E-state index contributed by atoms with van der Waals surface area (Å²) in [5, 5.41) is 5.98. The van der Waals surface area contributed by atoms with Crippen LogP contribution in [0.25, 0.3) is 0 Å². The molecule has 2 N–H and O–H groups in total. The van der Waals surface area contributed by atoms with Crippen molar-refractivity contribution in [1.82, 2.24) is 10.6 Å². The SMILES string of the molecule is CN[C]1C=CC=CN1. The number of rotatable bonds is 1. The summed E-state index contributed by atoms with van der Waals surface area (Å²) in [5.41, 5.74) is 0. The normalized spacial score (nSPS) is 18.6. The first-order valence-corrected chi connectivity index (χ1v) is 2.58. The summed E-state index contributed by atoms with van der Waals surface area (Å²) in [4.78, 5) is 0. The predicted molar refractivity (Wildman–Crippen MR) is 33.7 cm³/mol. The van der Waals surface area contributed by atoms with Crippen LogP contribution >= 0.6 is 0 Å². The van der Waals surface area contributed by atoms with E-state index in [1.165, 1.54) is 0 Å². The minimum absolute atomic E-state index is 1.03. The van der Waals surface area contributed by atoms with Crippen LogP contribution in [0, 0.1) is 6.17 Å². The van der Waals surface area contributed by atoms with Gasteiger partial charge in [0, 0.05) is 0 Å². The highest BCUT2D eigenvalue weighted by Crippen LogP contribution is 1.95. The zero-order chi connectivity index (χ0) is 5.82. The van der Waals surface area contributed by atoms with E-state index in [1.807, 2.05) is 31.5 Å². The Morgan fingerprint density at radius 3 is 2.75 bits per heavy atom. The second-order valence-corrected chi connectivity index (χ2v) is 1.53. The van der Waals surface area contributed by atoms with Gasteiger partial charge in [-0.2, -0.15) is 0 Å². The van der Waals surface area contributed by atoms with Gasteiger partial charge in [-0.15, -0.1) is 0 Å². The quantitative estimate of drug-likeness (QED) is 0.508. The molecule has 8 heavy (non-hydrogen) atoms. The fourth-order valence-electron chi connectivity index (χ4n) is 0.549. The van der Waals surface area contributed by atoms with Gasteiger partial charge in [-0.05, 0) is 25.4 Å². The molecule has 0 fully saturated rings. The molecule has 0 aromatic rings. The Balaban J connectivity index is 2.40. The topological polar surface area (TPSA) is 24.1 Å². The molecule has 2 nitrogen and oxygen atoms in total. The van der Waals surface area contributed by atoms with Gasteiger partial charge in [0.15, 0.2) is 0 Å². The Kier molecular flexibility index (Phi) is 1.70. The van der Waals surface area contributed by atoms with Gasteiger partial charge in [-0.1, -0.05) is 6.08 Å². The van der Waals surface area contributed by atoms with Crippen molar-refractivity contribution in [2.24, 2.45) is 0 Å². The molecule has 1 heterocycles. The summed E-state index contributed by atoms with van der Waals surface area (Å²) >= 11 is 0. The van der Waals surface area contributed by atoms with Crippen molar-refractivity contribution in [3.8, 4) is 0 Å². The summed E-state index contributed by atoms with van der Waals surface area (Å²) in [7, 11) is 1.88. The molecule has 0 atom stereocenters. The fourth-order valence-corrected chi connectivity index (χ4v) is 0.549. The second kappa shape index (κ2) is 2.52. The van der Waals surface area contributed by atoms with Crippen molar-refractivity contribution in [3.05, 3.63) is 30.6 Å². The number of allylic oxidation sites excluding steroid dienone is 2. The van der Waals surface area contributed by atoms with E-state index in [0.29, 0.717) is 0 Å². The lowest BCUT2D eigenvalue weighted by atomic mass is 10.3. The number of hydrogen-bond donors (Lipinski definition) is 2. The molecule has 0 aromatic heterocycles. The van der Waals surface area contributed by atoms with Crippen LogP contribution in [0.2, 0.25) is 0 Å². The van der Waals surface area contributed by atoms with Crippen molar-refractivity contribution in [1.29, 1.82) is 0 Å². The van der Waals surface area contributed by atoms with Crippen molar-refractivity contribution in [3.63, 3.8) is 0 Å². The van der Waals surface area contributed by atoms with Crippen LogP contribution in [-0.4, -0.2) is 7.05 Å². The van der Waals surface area contributed by atoms with E-state index in [0.717, 1.165) is 6.17 Å². The molecule has 1 rings (SSSR count). The van der Waals surface area contributed by atoms with Gasteiger partial charge < -0.3 is 5.32 Å². The number of nitrogens with one attached hydrogen (secondary N) is 2. The van der Waals surface area contributed by atoms with Crippen LogP contribution in [0.5, 0.6) is 0 Å². The highest BCUT2D eigenvalue weighted by atomic mass is 15.1. The molecule has 1 radical (unpaired) electrons. The molecule has 0 saturated heterocycles. The highest BCUT2D eigenvalue weighted by Gasteiger charge is 1.97. The lowest BCUT2D eigenvalue weighted by Gasteiger charge is -2.11. The molecule has 0 saturated carbocycles. The summed E-state index contributed by atoms with van der Waals surface area (Å²) < 4.78 is 0. The number of dihydropyridines is 1. The highest BCUT2D eigenvalue weighted by molar-refractivity contribution is 5.19. The van der Waals surface area contributed by atoms with Gasteiger partial charge in [0.1, 0.15) is 6.17 Å². The molecular formula is C6H9N2. The zero-order valence-electron chi connectivity index (χ0n) is 4.81. The maximum atomic E-state index is 3.01. The van der Waals surface area contributed by atoms with Gasteiger partial charge in [-0.25, -0.2) is 0 Å². The molecule has 43 valence electrons. The van der Waals surface area contributed by atoms with Gasteiger partial charge in [0.2, 0.25) is 0 Å². The Bertz CT molecular complexity index is 116. The molecule has 0 unspecified atom stereocenters. The van der Waals surface area contributed by atoms with Gasteiger partial charge in [-0.3, -0.25) is 5.32 Å². The van der Waals surface area contributed by atoms with Gasteiger partial charge in [0.25, 0.3) is 0 Å². The minimum atomic E-state index is 1.03.